The summed E-state index contributed by atoms with van der Waals surface area (Å²) in [6.07, 6.45) is 5.82. The fourth-order valence-electron chi connectivity index (χ4n) is 4.61. The summed E-state index contributed by atoms with van der Waals surface area (Å²) in [4.78, 5) is 39.0. The van der Waals surface area contributed by atoms with E-state index in [2.05, 4.69) is 44.7 Å². The van der Waals surface area contributed by atoms with Crippen molar-refractivity contribution in [3.8, 4) is 0 Å². The molecule has 1 aromatic rings. The number of carbonyl (C=O) groups excluding carboxylic acids is 3. The summed E-state index contributed by atoms with van der Waals surface area (Å²) in [6, 6.07) is 11.3. The zero-order chi connectivity index (χ0) is 30.3. The maximum absolute atomic E-state index is 13.3. The first-order valence-electron chi connectivity index (χ1n) is 15.4. The molecule has 2 amide bonds. The van der Waals surface area contributed by atoms with Crippen LogP contribution in [-0.2, 0) is 30.4 Å². The van der Waals surface area contributed by atoms with E-state index < -0.39 is 34.3 Å². The van der Waals surface area contributed by atoms with Crippen molar-refractivity contribution in [1.29, 1.82) is 0 Å². The van der Waals surface area contributed by atoms with E-state index >= 15 is 0 Å². The molecule has 1 aliphatic carbocycles. The number of esters is 1. The van der Waals surface area contributed by atoms with Crippen LogP contribution in [0.3, 0.4) is 0 Å². The SMILES string of the molecule is C[Si](C)(C)CCOC(=O)NN(CC[C@H](OCc1ccccc1)C(=O)OCC[Si](C)(C)C)C(=O)CCC1CCCCC1. The highest BCUT2D eigenvalue weighted by atomic mass is 28.3. The molecule has 0 spiro atoms. The van der Waals surface area contributed by atoms with E-state index in [4.69, 9.17) is 14.2 Å². The molecular formula is C31H54N2O6Si2. The van der Waals surface area contributed by atoms with E-state index in [1.807, 2.05) is 30.3 Å². The highest BCUT2D eigenvalue weighted by Gasteiger charge is 2.27. The zero-order valence-electron chi connectivity index (χ0n) is 26.3. The first-order valence-corrected chi connectivity index (χ1v) is 22.8. The summed E-state index contributed by atoms with van der Waals surface area (Å²) in [5.74, 6) is -0.0697. The normalized spacial score (nSPS) is 15.2. The number of nitrogens with one attached hydrogen (secondary N) is 1. The first kappa shape index (κ1) is 35.0. The van der Waals surface area contributed by atoms with Crippen LogP contribution >= 0.6 is 0 Å². The van der Waals surface area contributed by atoms with Crippen molar-refractivity contribution in [3.05, 3.63) is 35.9 Å². The van der Waals surface area contributed by atoms with Gasteiger partial charge in [0, 0.05) is 35.5 Å². The van der Waals surface area contributed by atoms with Gasteiger partial charge in [-0.25, -0.2) is 15.0 Å². The number of nitrogens with zero attached hydrogens (tertiary/aromatic N) is 1. The Bertz CT molecular complexity index is 927. The fourth-order valence-corrected chi connectivity index (χ4v) is 6.04. The molecule has 10 heteroatoms. The zero-order valence-corrected chi connectivity index (χ0v) is 28.3. The van der Waals surface area contributed by atoms with E-state index in [1.54, 1.807) is 0 Å². The minimum absolute atomic E-state index is 0.120. The maximum atomic E-state index is 13.3. The average molecular weight is 607 g/mol. The minimum Gasteiger partial charge on any atom is -0.464 e. The number of carbonyl (C=O) groups is 3. The van der Waals surface area contributed by atoms with Gasteiger partial charge in [-0.15, -0.1) is 0 Å². The topological polar surface area (TPSA) is 94.2 Å². The highest BCUT2D eigenvalue weighted by Crippen LogP contribution is 2.27. The van der Waals surface area contributed by atoms with Gasteiger partial charge in [-0.1, -0.05) is 102 Å². The molecule has 1 N–H and O–H groups in total. The molecule has 0 unspecified atom stereocenters. The van der Waals surface area contributed by atoms with Crippen LogP contribution in [0.4, 0.5) is 4.79 Å². The van der Waals surface area contributed by atoms with Gasteiger partial charge < -0.3 is 14.2 Å². The second kappa shape index (κ2) is 17.7. The molecule has 232 valence electrons. The lowest BCUT2D eigenvalue weighted by Crippen LogP contribution is -2.48. The molecule has 0 bridgehead atoms. The second-order valence-electron chi connectivity index (χ2n) is 13.7. The lowest BCUT2D eigenvalue weighted by Gasteiger charge is -2.27. The van der Waals surface area contributed by atoms with Gasteiger partial charge in [-0.05, 0) is 30.0 Å². The number of amides is 2. The molecule has 0 aromatic heterocycles. The van der Waals surface area contributed by atoms with Gasteiger partial charge in [0.05, 0.1) is 19.8 Å². The van der Waals surface area contributed by atoms with Gasteiger partial charge in [-0.3, -0.25) is 9.80 Å². The largest absolute Gasteiger partial charge is 0.464 e. The maximum Gasteiger partial charge on any atom is 0.426 e. The third-order valence-electron chi connectivity index (χ3n) is 7.37. The Morgan fingerprint density at radius 3 is 2.12 bits per heavy atom. The van der Waals surface area contributed by atoms with Crippen molar-refractivity contribution in [2.45, 2.75) is 115 Å². The van der Waals surface area contributed by atoms with Crippen molar-refractivity contribution in [2.24, 2.45) is 5.92 Å². The Hall–Kier alpha value is -2.18. The molecule has 0 saturated heterocycles. The lowest BCUT2D eigenvalue weighted by atomic mass is 9.86. The molecule has 2 rings (SSSR count). The Morgan fingerprint density at radius 1 is 0.902 bits per heavy atom. The van der Waals surface area contributed by atoms with Gasteiger partial charge in [0.25, 0.3) is 0 Å². The smallest absolute Gasteiger partial charge is 0.426 e. The quantitative estimate of drug-likeness (QED) is 0.124. The predicted molar refractivity (Wildman–Crippen MR) is 169 cm³/mol. The van der Waals surface area contributed by atoms with Crippen molar-refractivity contribution in [3.63, 3.8) is 0 Å². The molecule has 1 aromatic carbocycles. The highest BCUT2D eigenvalue weighted by molar-refractivity contribution is 6.76. The third kappa shape index (κ3) is 16.1. The van der Waals surface area contributed by atoms with Gasteiger partial charge >= 0.3 is 12.1 Å². The molecule has 0 aliphatic heterocycles. The van der Waals surface area contributed by atoms with E-state index in [0.29, 0.717) is 25.6 Å². The predicted octanol–water partition coefficient (Wildman–Crippen LogP) is 7.01. The van der Waals surface area contributed by atoms with E-state index in [9.17, 15) is 14.4 Å². The van der Waals surface area contributed by atoms with Gasteiger partial charge in [-0.2, -0.15) is 0 Å². The van der Waals surface area contributed by atoms with Crippen LogP contribution in [0.15, 0.2) is 30.3 Å². The molecule has 1 atom stereocenters. The van der Waals surface area contributed by atoms with Crippen molar-refractivity contribution in [2.75, 3.05) is 19.8 Å². The monoisotopic (exact) mass is 606 g/mol. The van der Waals surface area contributed by atoms with Gasteiger partial charge in [0.2, 0.25) is 5.91 Å². The van der Waals surface area contributed by atoms with Crippen LogP contribution < -0.4 is 5.43 Å². The fraction of sp³-hybridized carbons (Fsp3) is 0.710. The average Bonchev–Trinajstić information content (AvgIpc) is 2.90. The number of ether oxygens (including phenoxy) is 3. The third-order valence-corrected chi connectivity index (χ3v) is 10.8. The van der Waals surface area contributed by atoms with Gasteiger partial charge in [0.15, 0.2) is 6.10 Å². The Balaban J connectivity index is 2.05. The molecule has 1 fully saturated rings. The van der Waals surface area contributed by atoms with Crippen molar-refractivity contribution < 1.29 is 28.6 Å². The standard InChI is InChI=1S/C31H54N2O6Si2/c1-40(2,3)23-21-37-30(35)28(39-25-27-15-11-8-12-16-27)19-20-33(32-31(36)38-22-24-41(4,5)6)29(34)18-17-26-13-9-7-10-14-26/h8,11-12,15-16,26,28H,7,9-10,13-14,17-25H2,1-6H3,(H,32,36)/t28-/m0/s1. The number of rotatable bonds is 16. The summed E-state index contributed by atoms with van der Waals surface area (Å²) < 4.78 is 17.0. The number of benzene rings is 1. The second-order valence-corrected chi connectivity index (χ2v) is 24.9. The van der Waals surface area contributed by atoms with E-state index in [-0.39, 0.29) is 25.5 Å². The number of hydrogen-bond donors (Lipinski definition) is 1. The number of hydrogen-bond acceptors (Lipinski definition) is 6. The molecule has 8 nitrogen and oxygen atoms in total. The summed E-state index contributed by atoms with van der Waals surface area (Å²) >= 11 is 0. The van der Waals surface area contributed by atoms with Crippen molar-refractivity contribution >= 4 is 34.1 Å². The molecule has 0 radical (unpaired) electrons. The van der Waals surface area contributed by atoms with Crippen LogP contribution in [-0.4, -0.2) is 65.0 Å². The van der Waals surface area contributed by atoms with Crippen LogP contribution in [0.2, 0.25) is 51.4 Å². The summed E-state index contributed by atoms with van der Waals surface area (Å²) in [5.41, 5.74) is 3.60. The van der Waals surface area contributed by atoms with Crippen LogP contribution in [0.1, 0.15) is 56.9 Å². The lowest BCUT2D eigenvalue weighted by molar-refractivity contribution is -0.159. The van der Waals surface area contributed by atoms with Crippen LogP contribution in [0.5, 0.6) is 0 Å². The van der Waals surface area contributed by atoms with E-state index in [0.717, 1.165) is 36.9 Å². The Morgan fingerprint density at radius 2 is 1.51 bits per heavy atom. The first-order chi connectivity index (χ1) is 19.3. The molecule has 1 saturated carbocycles. The minimum atomic E-state index is -1.38. The van der Waals surface area contributed by atoms with Gasteiger partial charge in [0.1, 0.15) is 0 Å². The molecule has 0 heterocycles. The summed E-state index contributed by atoms with van der Waals surface area (Å²) in [7, 11) is -2.75. The summed E-state index contributed by atoms with van der Waals surface area (Å²) in [6.45, 7) is 14.4. The number of hydrazine groups is 1. The Labute approximate surface area is 249 Å². The van der Waals surface area contributed by atoms with E-state index in [1.165, 1.54) is 24.3 Å². The molecular weight excluding hydrogens is 553 g/mol. The van der Waals surface area contributed by atoms with Crippen molar-refractivity contribution in [1.82, 2.24) is 10.4 Å². The van der Waals surface area contributed by atoms with Crippen LogP contribution in [0, 0.1) is 5.92 Å². The van der Waals surface area contributed by atoms with Crippen LogP contribution in [0.25, 0.3) is 0 Å². The summed E-state index contributed by atoms with van der Waals surface area (Å²) in [5, 5.41) is 1.31. The molecule has 1 aliphatic rings. The molecule has 41 heavy (non-hydrogen) atoms. The Kier molecular flexibility index (Phi) is 15.1.